The van der Waals surface area contributed by atoms with Gasteiger partial charge in [-0.2, -0.15) is 0 Å². The first-order chi connectivity index (χ1) is 33.3. The molecule has 0 fully saturated rings. The molecule has 0 spiro atoms. The van der Waals surface area contributed by atoms with Crippen LogP contribution < -0.4 is 16.4 Å². The minimum Gasteiger partial charge on any atom is -0.481 e. The monoisotopic (exact) mass is 980 g/mol. The van der Waals surface area contributed by atoms with Crippen molar-refractivity contribution in [2.24, 2.45) is 11.7 Å². The first kappa shape index (κ1) is 65.1. The Morgan fingerprint density at radius 3 is 1.58 bits per heavy atom. The molecule has 6 N–H and O–H groups in total. The van der Waals surface area contributed by atoms with Crippen molar-refractivity contribution in [3.63, 3.8) is 0 Å². The number of aromatic nitrogens is 2. The molecule has 0 unspecified atom stereocenters. The highest BCUT2D eigenvalue weighted by molar-refractivity contribution is 5.84. The Morgan fingerprint density at radius 1 is 0.565 bits per heavy atom. The van der Waals surface area contributed by atoms with E-state index in [4.69, 9.17) is 29.8 Å². The van der Waals surface area contributed by atoms with E-state index in [1.54, 1.807) is 26.4 Å². The molecule has 0 aliphatic rings. The summed E-state index contributed by atoms with van der Waals surface area (Å²) in [4.78, 5) is 86.5. The number of Topliss-reactive ketones (excluding diaryl/α,β-unsaturated/α-hetero) is 4. The summed E-state index contributed by atoms with van der Waals surface area (Å²) in [6.07, 6.45) is 28.2. The van der Waals surface area contributed by atoms with Gasteiger partial charge in [-0.05, 0) is 58.3 Å². The van der Waals surface area contributed by atoms with E-state index in [1.807, 2.05) is 0 Å². The molecular weight excluding hydrogens is 887 g/mol. The van der Waals surface area contributed by atoms with Crippen LogP contribution >= 0.6 is 0 Å². The molecule has 2 atom stereocenters. The zero-order valence-corrected chi connectivity index (χ0v) is 42.9. The van der Waals surface area contributed by atoms with E-state index in [-0.39, 0.29) is 49.0 Å². The molecule has 398 valence electrons. The number of nitrogens with one attached hydrogen (secondary N) is 3. The number of amides is 2. The van der Waals surface area contributed by atoms with Gasteiger partial charge in [0.15, 0.2) is 0 Å². The molecule has 2 amide bonds. The molecule has 1 aromatic heterocycles. The van der Waals surface area contributed by atoms with E-state index in [2.05, 4.69) is 27.5 Å². The van der Waals surface area contributed by atoms with Gasteiger partial charge in [0, 0.05) is 76.5 Å². The van der Waals surface area contributed by atoms with E-state index in [0.717, 1.165) is 63.5 Å². The summed E-state index contributed by atoms with van der Waals surface area (Å²) in [5, 5.41) is 14.2. The number of carbonyl (C=O) groups is 7. The van der Waals surface area contributed by atoms with Gasteiger partial charge in [0.05, 0.1) is 45.4 Å². The van der Waals surface area contributed by atoms with Gasteiger partial charge in [-0.15, -0.1) is 0 Å². The maximum absolute atomic E-state index is 12.3. The number of hydrogen-bond donors (Lipinski definition) is 5. The number of ether oxygens (including phenoxy) is 4. The first-order valence-corrected chi connectivity index (χ1v) is 26.1. The molecule has 1 aromatic rings. The Balaban J connectivity index is 0.00000462. The van der Waals surface area contributed by atoms with E-state index in [9.17, 15) is 33.6 Å². The van der Waals surface area contributed by atoms with Crippen LogP contribution in [0.5, 0.6) is 0 Å². The summed E-state index contributed by atoms with van der Waals surface area (Å²) in [5.41, 5.74) is 6.88. The lowest BCUT2D eigenvalue weighted by molar-refractivity contribution is -0.137. The van der Waals surface area contributed by atoms with E-state index in [1.165, 1.54) is 57.8 Å². The smallest absolute Gasteiger partial charge is 0.303 e. The minimum absolute atomic E-state index is 0.0390. The number of imidazole rings is 1. The van der Waals surface area contributed by atoms with Gasteiger partial charge in [0.2, 0.25) is 11.8 Å². The molecule has 0 bridgehead atoms. The van der Waals surface area contributed by atoms with Crippen molar-refractivity contribution in [1.82, 2.24) is 20.6 Å². The van der Waals surface area contributed by atoms with Gasteiger partial charge in [-0.3, -0.25) is 24.0 Å². The predicted octanol–water partition coefficient (Wildman–Crippen LogP) is 7.74. The number of unbranched alkanes of at least 4 members (excludes halogenated alkanes) is 14. The summed E-state index contributed by atoms with van der Waals surface area (Å²) in [7, 11) is 0. The number of aliphatic carboxylic acids is 1. The lowest BCUT2D eigenvalue weighted by atomic mass is 9.95. The lowest BCUT2D eigenvalue weighted by Gasteiger charge is -2.13. The Kier molecular flexibility index (Phi) is 45.1. The summed E-state index contributed by atoms with van der Waals surface area (Å²) in [6.45, 7) is 8.08. The maximum Gasteiger partial charge on any atom is 0.303 e. The third kappa shape index (κ3) is 48.9. The number of nitrogens with zero attached hydrogens (tertiary/aromatic N) is 1. The number of rotatable bonds is 49. The van der Waals surface area contributed by atoms with Crippen molar-refractivity contribution in [3.8, 4) is 0 Å². The molecule has 1 heterocycles. The highest BCUT2D eigenvalue weighted by atomic mass is 16.5. The number of carbonyl (C=O) groups excluding carboxylic acids is 6. The van der Waals surface area contributed by atoms with Crippen molar-refractivity contribution in [2.75, 3.05) is 65.9 Å². The second-order valence-electron chi connectivity index (χ2n) is 18.3. The van der Waals surface area contributed by atoms with Gasteiger partial charge in [0.1, 0.15) is 36.3 Å². The third-order valence-electron chi connectivity index (χ3n) is 11.4. The fraction of sp³-hybridized carbons (Fsp3) is 0.808. The largest absolute Gasteiger partial charge is 0.481 e. The predicted molar refractivity (Wildman–Crippen MR) is 268 cm³/mol. The molecule has 17 nitrogen and oxygen atoms in total. The van der Waals surface area contributed by atoms with E-state index < -0.39 is 12.0 Å². The van der Waals surface area contributed by atoms with Crippen LogP contribution in [-0.2, 0) is 58.9 Å². The number of H-pyrrole nitrogens is 1. The molecule has 0 aliphatic heterocycles. The SMILES string of the molecule is CC(=O)CCCC(C)=O.C[C@H](CCCCNC(=O)COCCOCCNC(=O)COCCOCCCC(=O)CCCCCCCCCCCCCCCCC(=O)O)CCC(=O)[C@@H](N)Cc1cnc[nH]1. The standard InChI is InChI=1S/C45H81N5O10.C7H12O2/c1-38(23-24-42(52)41(46)33-39-34-47-37-50-39)19-16-17-25-48-43(53)35-60-32-30-58-28-26-49-44(54)36-59-31-29-57-27-18-21-40(51)20-14-12-10-8-6-4-2-3-5-7-9-11-13-15-22-45(55)56;1-6(8)4-3-5-7(2)9/h34,37-38,41H,2-33,35-36,46H2,1H3,(H,47,50)(H,48,53)(H,49,54)(H,55,56);3-5H2,1-2H3/t38-,41+;/m1./s1. The molecule has 69 heavy (non-hydrogen) atoms. The first-order valence-electron chi connectivity index (χ1n) is 26.1. The number of ketones is 4. The molecule has 1 rings (SSSR count). The van der Waals surface area contributed by atoms with E-state index in [0.29, 0.717) is 116 Å². The van der Waals surface area contributed by atoms with Gasteiger partial charge >= 0.3 is 5.97 Å². The fourth-order valence-corrected chi connectivity index (χ4v) is 7.25. The van der Waals surface area contributed by atoms with Crippen LogP contribution in [0.15, 0.2) is 12.5 Å². The number of carboxylic acids is 1. The summed E-state index contributed by atoms with van der Waals surface area (Å²) < 4.78 is 21.7. The topological polar surface area (TPSA) is 255 Å². The average molecular weight is 980 g/mol. The van der Waals surface area contributed by atoms with Crippen LogP contribution in [0.2, 0.25) is 0 Å². The minimum atomic E-state index is -0.690. The Morgan fingerprint density at radius 2 is 1.06 bits per heavy atom. The third-order valence-corrected chi connectivity index (χ3v) is 11.4. The molecule has 0 aliphatic carbocycles. The molecular formula is C52H93N5O12. The summed E-state index contributed by atoms with van der Waals surface area (Å²) in [5.74, 6) is -0.0127. The average Bonchev–Trinajstić information content (AvgIpc) is 3.82. The quantitative estimate of drug-likeness (QED) is 0.0392. The highest BCUT2D eigenvalue weighted by Crippen LogP contribution is 2.16. The van der Waals surface area contributed by atoms with Crippen LogP contribution in [0.4, 0.5) is 0 Å². The zero-order chi connectivity index (χ0) is 51.0. The van der Waals surface area contributed by atoms with Crippen molar-refractivity contribution >= 4 is 40.9 Å². The van der Waals surface area contributed by atoms with E-state index >= 15 is 0 Å². The normalized spacial score (nSPS) is 11.9. The Hall–Kier alpha value is -3.90. The van der Waals surface area contributed by atoms with Crippen LogP contribution in [0.25, 0.3) is 0 Å². The number of aromatic amines is 1. The fourth-order valence-electron chi connectivity index (χ4n) is 7.25. The second kappa shape index (κ2) is 47.8. The van der Waals surface area contributed by atoms with Crippen molar-refractivity contribution in [3.05, 3.63) is 18.2 Å². The van der Waals surface area contributed by atoms with Gasteiger partial charge in [-0.1, -0.05) is 96.8 Å². The summed E-state index contributed by atoms with van der Waals surface area (Å²) >= 11 is 0. The molecule has 17 heteroatoms. The Bertz CT molecular complexity index is 1450. The van der Waals surface area contributed by atoms with Crippen LogP contribution in [-0.4, -0.2) is 128 Å². The number of hydrogen-bond acceptors (Lipinski definition) is 13. The summed E-state index contributed by atoms with van der Waals surface area (Å²) in [6, 6.07) is -0.512. The molecule has 0 aromatic carbocycles. The van der Waals surface area contributed by atoms with Crippen molar-refractivity contribution in [1.29, 1.82) is 0 Å². The zero-order valence-electron chi connectivity index (χ0n) is 42.9. The van der Waals surface area contributed by atoms with Gasteiger partial charge in [0.25, 0.3) is 0 Å². The molecule has 0 saturated carbocycles. The number of nitrogens with two attached hydrogens (primary N) is 1. The van der Waals surface area contributed by atoms with Crippen LogP contribution in [0, 0.1) is 5.92 Å². The van der Waals surface area contributed by atoms with Crippen LogP contribution in [0.1, 0.15) is 193 Å². The van der Waals surface area contributed by atoms with Gasteiger partial charge < -0.3 is 55.0 Å². The van der Waals surface area contributed by atoms with Crippen molar-refractivity contribution < 1.29 is 57.6 Å². The lowest BCUT2D eigenvalue weighted by Crippen LogP contribution is -2.33. The molecule has 0 saturated heterocycles. The maximum atomic E-state index is 12.3. The Labute approximate surface area is 414 Å². The molecule has 0 radical (unpaired) electrons. The van der Waals surface area contributed by atoms with Gasteiger partial charge in [-0.25, -0.2) is 4.98 Å². The highest BCUT2D eigenvalue weighted by Gasteiger charge is 2.16. The van der Waals surface area contributed by atoms with Crippen LogP contribution in [0.3, 0.4) is 0 Å². The number of carboxylic acid groups (broad SMARTS) is 1. The second-order valence-corrected chi connectivity index (χ2v) is 18.3. The van der Waals surface area contributed by atoms with Crippen molar-refractivity contribution in [2.45, 2.75) is 200 Å².